The van der Waals surface area contributed by atoms with Gasteiger partial charge < -0.3 is 9.42 Å². The lowest BCUT2D eigenvalue weighted by atomic mass is 10.2. The second-order valence-corrected chi connectivity index (χ2v) is 7.71. The van der Waals surface area contributed by atoms with Crippen LogP contribution in [0, 0.1) is 6.92 Å². The van der Waals surface area contributed by atoms with Crippen LogP contribution in [0.5, 0.6) is 0 Å². The Hall–Kier alpha value is -2.35. The fourth-order valence-electron chi connectivity index (χ4n) is 2.85. The van der Waals surface area contributed by atoms with Crippen molar-refractivity contribution in [3.63, 3.8) is 0 Å². The van der Waals surface area contributed by atoms with Crippen molar-refractivity contribution in [3.8, 4) is 0 Å². The van der Waals surface area contributed by atoms with Crippen molar-refractivity contribution in [1.29, 1.82) is 0 Å². The van der Waals surface area contributed by atoms with Crippen LogP contribution in [0.4, 0.5) is 11.5 Å². The normalized spacial score (nSPS) is 13.8. The first-order chi connectivity index (χ1) is 11.4. The predicted octanol–water partition coefficient (Wildman–Crippen LogP) is 1.73. The molecule has 0 spiro atoms. The minimum absolute atomic E-state index is 0.0301. The second kappa shape index (κ2) is 6.27. The van der Waals surface area contributed by atoms with Gasteiger partial charge in [0, 0.05) is 31.3 Å². The Bertz CT molecular complexity index is 860. The van der Waals surface area contributed by atoms with Crippen LogP contribution in [0.1, 0.15) is 17.7 Å². The topological polar surface area (TPSA) is 83.7 Å². The van der Waals surface area contributed by atoms with Gasteiger partial charge in [-0.3, -0.25) is 9.10 Å². The maximum atomic E-state index is 12.5. The molecule has 3 rings (SSSR count). The lowest BCUT2D eigenvalue weighted by Gasteiger charge is -2.21. The molecule has 1 aliphatic heterocycles. The smallest absolute Gasteiger partial charge is 0.233 e. The number of carbonyl (C=O) groups excluding carboxylic acids is 1. The summed E-state index contributed by atoms with van der Waals surface area (Å²) in [4.78, 5) is 14.2. The van der Waals surface area contributed by atoms with Crippen molar-refractivity contribution < 1.29 is 17.7 Å². The first kappa shape index (κ1) is 16.5. The van der Waals surface area contributed by atoms with Crippen LogP contribution in [0.15, 0.2) is 34.9 Å². The van der Waals surface area contributed by atoms with E-state index in [2.05, 4.69) is 5.16 Å². The minimum atomic E-state index is -3.54. The average Bonchev–Trinajstić information content (AvgIpc) is 3.12. The van der Waals surface area contributed by atoms with Gasteiger partial charge in [-0.1, -0.05) is 23.4 Å². The molecule has 8 heteroatoms. The third-order valence-corrected chi connectivity index (χ3v) is 5.16. The molecule has 0 radical (unpaired) electrons. The van der Waals surface area contributed by atoms with Crippen molar-refractivity contribution in [2.45, 2.75) is 19.8 Å². The first-order valence-electron chi connectivity index (χ1n) is 7.65. The highest BCUT2D eigenvalue weighted by Gasteiger charge is 2.27. The minimum Gasteiger partial charge on any atom is -0.360 e. The Kier molecular flexibility index (Phi) is 4.31. The van der Waals surface area contributed by atoms with Crippen LogP contribution in [-0.4, -0.2) is 38.8 Å². The summed E-state index contributed by atoms with van der Waals surface area (Å²) in [6, 6.07) is 9.30. The van der Waals surface area contributed by atoms with Crippen molar-refractivity contribution >= 4 is 27.4 Å². The molecule has 0 aliphatic carbocycles. The Labute approximate surface area is 140 Å². The molecule has 0 N–H and O–H groups in total. The molecule has 24 heavy (non-hydrogen) atoms. The third-order valence-electron chi connectivity index (χ3n) is 3.99. The zero-order chi connectivity index (χ0) is 17.3. The van der Waals surface area contributed by atoms with E-state index in [0.29, 0.717) is 12.3 Å². The summed E-state index contributed by atoms with van der Waals surface area (Å²) in [5, 5.41) is 3.74. The number of benzene rings is 1. The molecule has 1 aromatic carbocycles. The Balaban J connectivity index is 1.73. The van der Waals surface area contributed by atoms with Gasteiger partial charge in [-0.2, -0.15) is 0 Å². The van der Waals surface area contributed by atoms with Crippen molar-refractivity contribution in [2.75, 3.05) is 28.6 Å². The van der Waals surface area contributed by atoms with E-state index in [1.165, 1.54) is 6.07 Å². The number of sulfonamides is 1. The van der Waals surface area contributed by atoms with Gasteiger partial charge in [-0.15, -0.1) is 0 Å². The molecular weight excluding hydrogens is 330 g/mol. The van der Waals surface area contributed by atoms with E-state index < -0.39 is 10.0 Å². The second-order valence-electron chi connectivity index (χ2n) is 5.80. The van der Waals surface area contributed by atoms with Gasteiger partial charge in [0.1, 0.15) is 5.76 Å². The van der Waals surface area contributed by atoms with Crippen LogP contribution in [-0.2, 0) is 21.2 Å². The van der Waals surface area contributed by atoms with Crippen LogP contribution >= 0.6 is 0 Å². The molecule has 2 aromatic rings. The number of rotatable bonds is 5. The van der Waals surface area contributed by atoms with Crippen molar-refractivity contribution in [3.05, 3.63) is 41.7 Å². The monoisotopic (exact) mass is 349 g/mol. The summed E-state index contributed by atoms with van der Waals surface area (Å²) in [6.07, 6.45) is 1.99. The number of aromatic nitrogens is 1. The molecule has 1 aliphatic rings. The van der Waals surface area contributed by atoms with Crippen LogP contribution < -0.4 is 9.21 Å². The summed E-state index contributed by atoms with van der Waals surface area (Å²) in [5.74, 6) is 0.608. The molecule has 0 saturated heterocycles. The Morgan fingerprint density at radius 2 is 2.12 bits per heavy atom. The van der Waals surface area contributed by atoms with Gasteiger partial charge in [0.2, 0.25) is 15.9 Å². The molecule has 0 saturated carbocycles. The van der Waals surface area contributed by atoms with Crippen LogP contribution in [0.25, 0.3) is 0 Å². The van der Waals surface area contributed by atoms with Crippen LogP contribution in [0.2, 0.25) is 0 Å². The number of carbonyl (C=O) groups is 1. The van der Waals surface area contributed by atoms with E-state index in [1.807, 2.05) is 24.3 Å². The average molecular weight is 349 g/mol. The van der Waals surface area contributed by atoms with E-state index >= 15 is 0 Å². The molecule has 0 atom stereocenters. The van der Waals surface area contributed by atoms with Crippen molar-refractivity contribution in [2.24, 2.45) is 0 Å². The number of amides is 1. The number of para-hydroxylation sites is 1. The van der Waals surface area contributed by atoms with Crippen LogP contribution in [0.3, 0.4) is 0 Å². The van der Waals surface area contributed by atoms with Gasteiger partial charge in [-0.05, 0) is 25.0 Å². The quantitative estimate of drug-likeness (QED) is 0.821. The summed E-state index contributed by atoms with van der Waals surface area (Å²) >= 11 is 0. The fraction of sp³-hybridized carbons (Fsp3) is 0.375. The molecular formula is C16H19N3O4S. The van der Waals surface area contributed by atoms with Gasteiger partial charge in [0.05, 0.1) is 6.26 Å². The highest BCUT2D eigenvalue weighted by molar-refractivity contribution is 7.92. The number of hydrogen-bond acceptors (Lipinski definition) is 5. The largest absolute Gasteiger partial charge is 0.360 e. The van der Waals surface area contributed by atoms with Gasteiger partial charge in [0.25, 0.3) is 0 Å². The molecule has 7 nitrogen and oxygen atoms in total. The molecule has 0 bridgehead atoms. The molecule has 2 heterocycles. The van der Waals surface area contributed by atoms with Gasteiger partial charge >= 0.3 is 0 Å². The molecule has 0 unspecified atom stereocenters. The van der Waals surface area contributed by atoms with Gasteiger partial charge in [0.15, 0.2) is 5.82 Å². The lowest BCUT2D eigenvalue weighted by Crippen LogP contribution is -2.36. The maximum Gasteiger partial charge on any atom is 0.233 e. The number of fused-ring (bicyclic) bond motifs is 1. The Morgan fingerprint density at radius 3 is 2.79 bits per heavy atom. The summed E-state index contributed by atoms with van der Waals surface area (Å²) < 4.78 is 30.0. The lowest BCUT2D eigenvalue weighted by molar-refractivity contribution is -0.118. The number of hydrogen-bond donors (Lipinski definition) is 0. The standard InChI is InChI=1S/C16H19N3O4S/c1-12-11-15(17-23-12)19(24(2,21)22)10-8-16(20)18-9-7-13-5-3-4-6-14(13)18/h3-6,11H,7-10H2,1-2H3. The predicted molar refractivity (Wildman–Crippen MR) is 90.5 cm³/mol. The maximum absolute atomic E-state index is 12.5. The number of anilines is 2. The third kappa shape index (κ3) is 3.28. The SMILES string of the molecule is Cc1cc(N(CCC(=O)N2CCc3ccccc32)S(C)(=O)=O)no1. The number of nitrogens with zero attached hydrogens (tertiary/aromatic N) is 3. The summed E-state index contributed by atoms with van der Waals surface area (Å²) in [6.45, 7) is 2.34. The fourth-order valence-corrected chi connectivity index (χ4v) is 3.70. The number of aryl methyl sites for hydroxylation is 1. The van der Waals surface area contributed by atoms with E-state index in [0.717, 1.165) is 28.2 Å². The van der Waals surface area contributed by atoms with E-state index in [1.54, 1.807) is 11.8 Å². The molecule has 1 aromatic heterocycles. The summed E-state index contributed by atoms with van der Waals surface area (Å²) in [7, 11) is -3.54. The first-order valence-corrected chi connectivity index (χ1v) is 9.50. The molecule has 0 fully saturated rings. The highest BCUT2D eigenvalue weighted by Crippen LogP contribution is 2.28. The highest BCUT2D eigenvalue weighted by atomic mass is 32.2. The van der Waals surface area contributed by atoms with E-state index in [-0.39, 0.29) is 24.7 Å². The zero-order valence-corrected chi connectivity index (χ0v) is 14.4. The van der Waals surface area contributed by atoms with Gasteiger partial charge in [-0.25, -0.2) is 8.42 Å². The molecule has 1 amide bonds. The summed E-state index contributed by atoms with van der Waals surface area (Å²) in [5.41, 5.74) is 2.05. The van der Waals surface area contributed by atoms with E-state index in [9.17, 15) is 13.2 Å². The molecule has 128 valence electrons. The van der Waals surface area contributed by atoms with E-state index in [4.69, 9.17) is 4.52 Å². The van der Waals surface area contributed by atoms with Crippen molar-refractivity contribution in [1.82, 2.24) is 5.16 Å². The zero-order valence-electron chi connectivity index (χ0n) is 13.6. The Morgan fingerprint density at radius 1 is 1.38 bits per heavy atom.